The first kappa shape index (κ1) is 21.5. The highest BCUT2D eigenvalue weighted by atomic mass is 35.5. The number of hydrogen-bond acceptors (Lipinski definition) is 5. The molecule has 2 aromatic rings. The average molecular weight is 475 g/mol. The summed E-state index contributed by atoms with van der Waals surface area (Å²) in [5.74, 6) is -0.776. The van der Waals surface area contributed by atoms with Crippen molar-refractivity contribution in [3.63, 3.8) is 0 Å². The minimum Gasteiger partial charge on any atom is -0.478 e. The van der Waals surface area contributed by atoms with Crippen LogP contribution in [0.25, 0.3) is 0 Å². The first-order valence-electron chi connectivity index (χ1n) is 10.5. The Labute approximate surface area is 191 Å². The maximum atomic E-state index is 12.9. The van der Waals surface area contributed by atoms with E-state index in [2.05, 4.69) is 17.5 Å². The molecule has 5 rings (SSSR count). The molecule has 0 unspecified atom stereocenters. The summed E-state index contributed by atoms with van der Waals surface area (Å²) in [6, 6.07) is 10.1. The molecule has 1 saturated heterocycles. The number of nitrogens with zero attached hydrogens (tertiary/aromatic N) is 1. The quantitative estimate of drug-likeness (QED) is 0.653. The Hall–Kier alpha value is -2.39. The van der Waals surface area contributed by atoms with Gasteiger partial charge in [-0.15, -0.1) is 0 Å². The van der Waals surface area contributed by atoms with Crippen molar-refractivity contribution in [2.75, 3.05) is 31.6 Å². The Morgan fingerprint density at radius 1 is 1.16 bits per heavy atom. The van der Waals surface area contributed by atoms with Crippen molar-refractivity contribution < 1.29 is 23.1 Å². The van der Waals surface area contributed by atoms with Crippen molar-refractivity contribution in [2.24, 2.45) is 5.92 Å². The van der Waals surface area contributed by atoms with Gasteiger partial charge in [-0.1, -0.05) is 35.9 Å². The van der Waals surface area contributed by atoms with Crippen LogP contribution < -0.4 is 5.32 Å². The van der Waals surface area contributed by atoms with Crippen LogP contribution in [0.3, 0.4) is 0 Å². The van der Waals surface area contributed by atoms with Gasteiger partial charge >= 0.3 is 5.97 Å². The molecule has 0 bridgehead atoms. The molecule has 3 atom stereocenters. The van der Waals surface area contributed by atoms with Crippen LogP contribution in [-0.2, 0) is 14.8 Å². The van der Waals surface area contributed by atoms with Crippen molar-refractivity contribution in [3.8, 4) is 0 Å². The van der Waals surface area contributed by atoms with E-state index in [0.717, 1.165) is 23.2 Å². The van der Waals surface area contributed by atoms with E-state index in [1.54, 1.807) is 18.2 Å². The van der Waals surface area contributed by atoms with Crippen molar-refractivity contribution in [2.45, 2.75) is 23.3 Å². The first-order valence-corrected chi connectivity index (χ1v) is 12.4. The van der Waals surface area contributed by atoms with Gasteiger partial charge in [0.25, 0.3) is 0 Å². The zero-order chi connectivity index (χ0) is 22.5. The smallest absolute Gasteiger partial charge is 0.335 e. The Balaban J connectivity index is 1.46. The minimum absolute atomic E-state index is 0.0461. The molecule has 2 heterocycles. The van der Waals surface area contributed by atoms with E-state index in [1.807, 2.05) is 12.1 Å². The van der Waals surface area contributed by atoms with Crippen molar-refractivity contribution >= 4 is 33.3 Å². The van der Waals surface area contributed by atoms with E-state index in [4.69, 9.17) is 16.3 Å². The summed E-state index contributed by atoms with van der Waals surface area (Å²) in [6.45, 7) is 1.53. The molecule has 168 valence electrons. The van der Waals surface area contributed by atoms with Crippen molar-refractivity contribution in [3.05, 3.63) is 70.3 Å². The molecule has 7 nitrogen and oxygen atoms in total. The molecule has 2 aliphatic heterocycles. The lowest BCUT2D eigenvalue weighted by Gasteiger charge is -2.38. The number of benzene rings is 2. The largest absolute Gasteiger partial charge is 0.478 e. The van der Waals surface area contributed by atoms with Gasteiger partial charge in [0.2, 0.25) is 10.0 Å². The molecule has 0 aromatic heterocycles. The number of aromatic carboxylic acids is 1. The fraction of sp³-hybridized carbons (Fsp3) is 0.348. The molecule has 1 aliphatic carbocycles. The van der Waals surface area contributed by atoms with Crippen molar-refractivity contribution in [1.82, 2.24) is 4.31 Å². The van der Waals surface area contributed by atoms with Crippen LogP contribution in [0.15, 0.2) is 53.4 Å². The Morgan fingerprint density at radius 2 is 1.88 bits per heavy atom. The van der Waals surface area contributed by atoms with Crippen LogP contribution in [0.2, 0.25) is 5.02 Å². The number of fused-ring (bicyclic) bond motifs is 3. The summed E-state index contributed by atoms with van der Waals surface area (Å²) in [5.41, 5.74) is 2.76. The lowest BCUT2D eigenvalue weighted by Crippen LogP contribution is -2.40. The third-order valence-electron chi connectivity index (χ3n) is 6.51. The molecule has 0 saturated carbocycles. The SMILES string of the molecule is O=C(O)c1cc(Cl)c2c(c1)[C@H]1C=CC[C@H]1[C@H](c1ccc(S(=O)(=O)N3CCOCC3)cc1)N2. The molecule has 1 fully saturated rings. The van der Waals surface area contributed by atoms with Gasteiger partial charge < -0.3 is 15.2 Å². The number of hydrogen-bond donors (Lipinski definition) is 2. The van der Waals surface area contributed by atoms with Gasteiger partial charge in [-0.25, -0.2) is 13.2 Å². The molecule has 9 heteroatoms. The second kappa shape index (κ2) is 8.19. The summed E-state index contributed by atoms with van der Waals surface area (Å²) in [6.07, 6.45) is 5.05. The van der Waals surface area contributed by atoms with Gasteiger partial charge in [-0.2, -0.15) is 4.31 Å². The third-order valence-corrected chi connectivity index (χ3v) is 8.73. The molecule has 0 amide bonds. The molecule has 3 aliphatic rings. The molecule has 2 N–H and O–H groups in total. The second-order valence-electron chi connectivity index (χ2n) is 8.29. The molecule has 2 aromatic carbocycles. The van der Waals surface area contributed by atoms with Crippen LogP contribution in [-0.4, -0.2) is 50.1 Å². The van der Waals surface area contributed by atoms with Gasteiger partial charge in [0.15, 0.2) is 0 Å². The van der Waals surface area contributed by atoms with Gasteiger partial charge in [-0.3, -0.25) is 0 Å². The van der Waals surface area contributed by atoms with E-state index < -0.39 is 16.0 Å². The number of morpholine rings is 1. The number of carbonyl (C=O) groups is 1. The number of anilines is 1. The number of carboxylic acids is 1. The van der Waals surface area contributed by atoms with Gasteiger partial charge in [0.05, 0.1) is 40.4 Å². The number of rotatable bonds is 4. The fourth-order valence-corrected chi connectivity index (χ4v) is 6.58. The standard InChI is InChI=1S/C23H23ClN2O5S/c24-20-13-15(23(27)28)12-19-17-2-1-3-18(17)21(25-22(19)20)14-4-6-16(7-5-14)32(29,30)26-8-10-31-11-9-26/h1-2,4-7,12-13,17-18,21,25H,3,8-11H2,(H,27,28)/t17-,18+,21-/m0/s1. The monoisotopic (exact) mass is 474 g/mol. The molecular weight excluding hydrogens is 452 g/mol. The number of ether oxygens (including phenoxy) is 1. The summed E-state index contributed by atoms with van der Waals surface area (Å²) in [5, 5.41) is 13.3. The zero-order valence-electron chi connectivity index (χ0n) is 17.2. The lowest BCUT2D eigenvalue weighted by atomic mass is 9.76. The summed E-state index contributed by atoms with van der Waals surface area (Å²) in [4.78, 5) is 11.8. The molecule has 0 radical (unpaired) electrons. The Kier molecular flexibility index (Phi) is 5.49. The predicted octanol–water partition coefficient (Wildman–Crippen LogP) is 3.89. The van der Waals surface area contributed by atoms with Crippen molar-refractivity contribution in [1.29, 1.82) is 0 Å². The third kappa shape index (κ3) is 3.61. The molecular formula is C23H23ClN2O5S. The zero-order valence-corrected chi connectivity index (χ0v) is 18.8. The molecule has 0 spiro atoms. The second-order valence-corrected chi connectivity index (χ2v) is 10.6. The fourth-order valence-electron chi connectivity index (χ4n) is 4.89. The van der Waals surface area contributed by atoms with Crippen LogP contribution in [0.1, 0.15) is 39.9 Å². The normalized spacial score (nSPS) is 25.1. The Bertz CT molecular complexity index is 1190. The predicted molar refractivity (Wildman–Crippen MR) is 121 cm³/mol. The Morgan fingerprint density at radius 3 is 2.56 bits per heavy atom. The number of allylic oxidation sites excluding steroid dienone is 2. The summed E-state index contributed by atoms with van der Waals surface area (Å²) in [7, 11) is -3.55. The van der Waals surface area contributed by atoms with Crippen LogP contribution >= 0.6 is 11.6 Å². The van der Waals surface area contributed by atoms with Crippen LogP contribution in [0.4, 0.5) is 5.69 Å². The van der Waals surface area contributed by atoms with Gasteiger partial charge in [0.1, 0.15) is 0 Å². The summed E-state index contributed by atoms with van der Waals surface area (Å²) < 4.78 is 32.6. The first-order chi connectivity index (χ1) is 15.4. The topological polar surface area (TPSA) is 95.9 Å². The maximum absolute atomic E-state index is 12.9. The van der Waals surface area contributed by atoms with E-state index in [1.165, 1.54) is 10.4 Å². The van der Waals surface area contributed by atoms with E-state index >= 15 is 0 Å². The lowest BCUT2D eigenvalue weighted by molar-refractivity contribution is 0.0696. The van der Waals surface area contributed by atoms with Gasteiger partial charge in [0, 0.05) is 19.0 Å². The molecule has 32 heavy (non-hydrogen) atoms. The number of halogens is 1. The summed E-state index contributed by atoms with van der Waals surface area (Å²) >= 11 is 6.46. The highest BCUT2D eigenvalue weighted by Gasteiger charge is 2.39. The maximum Gasteiger partial charge on any atom is 0.335 e. The highest BCUT2D eigenvalue weighted by Crippen LogP contribution is 2.51. The van der Waals surface area contributed by atoms with E-state index in [0.29, 0.717) is 31.3 Å². The number of carboxylic acid groups (broad SMARTS) is 1. The van der Waals surface area contributed by atoms with E-state index in [-0.39, 0.29) is 28.3 Å². The van der Waals surface area contributed by atoms with Gasteiger partial charge in [-0.05, 0) is 47.7 Å². The van der Waals surface area contributed by atoms with E-state index in [9.17, 15) is 18.3 Å². The number of sulfonamides is 1. The highest BCUT2D eigenvalue weighted by molar-refractivity contribution is 7.89. The average Bonchev–Trinajstić information content (AvgIpc) is 3.29. The van der Waals surface area contributed by atoms with Crippen LogP contribution in [0, 0.1) is 5.92 Å². The minimum atomic E-state index is -3.55. The number of nitrogens with one attached hydrogen (secondary N) is 1. The van der Waals surface area contributed by atoms with Crippen LogP contribution in [0.5, 0.6) is 0 Å².